The number of likely N-dealkylation sites (N-methyl/N-ethyl adjacent to an activating group) is 1. The highest BCUT2D eigenvalue weighted by atomic mass is 16.5. The van der Waals surface area contributed by atoms with Gasteiger partial charge < -0.3 is 15.0 Å². The molecule has 0 aliphatic carbocycles. The number of hydrogen-bond donors (Lipinski definition) is 1. The maximum Gasteiger partial charge on any atom is 0.356 e. The van der Waals surface area contributed by atoms with Gasteiger partial charge in [-0.05, 0) is 18.6 Å². The minimum absolute atomic E-state index is 0.0753. The molecule has 112 valence electrons. The van der Waals surface area contributed by atoms with Crippen LogP contribution in [-0.2, 0) is 9.53 Å². The third-order valence-corrected chi connectivity index (χ3v) is 3.34. The number of amides is 2. The van der Waals surface area contributed by atoms with Crippen molar-refractivity contribution in [3.63, 3.8) is 0 Å². The molecule has 0 bridgehead atoms. The van der Waals surface area contributed by atoms with Crippen molar-refractivity contribution < 1.29 is 19.1 Å². The minimum Gasteiger partial charge on any atom is -0.464 e. The molecule has 2 heterocycles. The molecule has 1 aliphatic heterocycles. The van der Waals surface area contributed by atoms with Gasteiger partial charge in [0.05, 0.1) is 7.11 Å². The van der Waals surface area contributed by atoms with E-state index >= 15 is 0 Å². The number of carbonyl (C=O) groups excluding carboxylic acids is 3. The molecule has 2 amide bonds. The normalized spacial score (nSPS) is 18.3. The molecule has 0 aromatic carbocycles. The molecule has 1 N–H and O–H groups in total. The van der Waals surface area contributed by atoms with E-state index in [-0.39, 0.29) is 29.2 Å². The number of ether oxygens (including phenoxy) is 1. The first-order chi connectivity index (χ1) is 10.0. The van der Waals surface area contributed by atoms with Gasteiger partial charge >= 0.3 is 5.97 Å². The lowest BCUT2D eigenvalue weighted by Gasteiger charge is -2.30. The first-order valence-corrected chi connectivity index (χ1v) is 6.61. The van der Waals surface area contributed by atoms with Gasteiger partial charge in [0.15, 0.2) is 0 Å². The summed E-state index contributed by atoms with van der Waals surface area (Å²) >= 11 is 0. The van der Waals surface area contributed by atoms with Crippen LogP contribution in [0.25, 0.3) is 0 Å². The smallest absolute Gasteiger partial charge is 0.356 e. The lowest BCUT2D eigenvalue weighted by atomic mass is 10.1. The molecule has 0 radical (unpaired) electrons. The van der Waals surface area contributed by atoms with Crippen LogP contribution in [-0.4, -0.2) is 54.4 Å². The highest BCUT2D eigenvalue weighted by molar-refractivity contribution is 5.94. The number of hydrogen-bond acceptors (Lipinski definition) is 5. The molecule has 7 heteroatoms. The number of rotatable bonds is 3. The second-order valence-electron chi connectivity index (χ2n) is 4.88. The van der Waals surface area contributed by atoms with Crippen LogP contribution < -0.4 is 5.32 Å². The van der Waals surface area contributed by atoms with Crippen molar-refractivity contribution in [1.82, 2.24) is 15.2 Å². The summed E-state index contributed by atoms with van der Waals surface area (Å²) < 4.78 is 4.57. The Morgan fingerprint density at radius 2 is 2.10 bits per heavy atom. The molecule has 1 aromatic rings. The lowest BCUT2D eigenvalue weighted by Crippen LogP contribution is -2.48. The summed E-state index contributed by atoms with van der Waals surface area (Å²) in [5.41, 5.74) is 0.235. The van der Waals surface area contributed by atoms with E-state index in [2.05, 4.69) is 15.0 Å². The fraction of sp³-hybridized carbons (Fsp3) is 0.429. The predicted octanol–water partition coefficient (Wildman–Crippen LogP) is 0.219. The molecule has 7 nitrogen and oxygen atoms in total. The van der Waals surface area contributed by atoms with Gasteiger partial charge in [0.1, 0.15) is 11.4 Å². The molecular formula is C14H17N3O4. The number of piperidine rings is 1. The van der Waals surface area contributed by atoms with Crippen molar-refractivity contribution in [2.45, 2.75) is 18.9 Å². The monoisotopic (exact) mass is 291 g/mol. The van der Waals surface area contributed by atoms with Gasteiger partial charge in [-0.15, -0.1) is 0 Å². The Morgan fingerprint density at radius 3 is 2.76 bits per heavy atom. The van der Waals surface area contributed by atoms with Crippen LogP contribution in [0.15, 0.2) is 18.2 Å². The molecule has 1 aliphatic rings. The molecule has 0 spiro atoms. The van der Waals surface area contributed by atoms with Crippen LogP contribution in [0.3, 0.4) is 0 Å². The minimum atomic E-state index is -0.590. The summed E-state index contributed by atoms with van der Waals surface area (Å²) in [5.74, 6) is -0.882. The predicted molar refractivity (Wildman–Crippen MR) is 73.7 cm³/mol. The van der Waals surface area contributed by atoms with Crippen molar-refractivity contribution in [3.8, 4) is 0 Å². The van der Waals surface area contributed by atoms with E-state index in [1.807, 2.05) is 0 Å². The number of nitrogens with one attached hydrogen (secondary N) is 1. The third-order valence-electron chi connectivity index (χ3n) is 3.34. The largest absolute Gasteiger partial charge is 0.464 e. The molecule has 1 saturated heterocycles. The van der Waals surface area contributed by atoms with E-state index in [4.69, 9.17) is 0 Å². The van der Waals surface area contributed by atoms with Gasteiger partial charge in [0, 0.05) is 26.1 Å². The second kappa shape index (κ2) is 6.34. The number of pyridine rings is 1. The number of nitrogens with zero attached hydrogens (tertiary/aromatic N) is 2. The number of esters is 1. The molecule has 1 atom stereocenters. The van der Waals surface area contributed by atoms with Crippen molar-refractivity contribution in [1.29, 1.82) is 0 Å². The molecule has 1 fully saturated rings. The van der Waals surface area contributed by atoms with Gasteiger partial charge in [-0.2, -0.15) is 0 Å². The zero-order valence-corrected chi connectivity index (χ0v) is 12.0. The lowest BCUT2D eigenvalue weighted by molar-refractivity contribution is -0.132. The summed E-state index contributed by atoms with van der Waals surface area (Å²) in [7, 11) is 2.96. The standard InChI is InChI=1S/C14H17N3O4/c1-17-8-9(6-7-12(17)18)15-13(19)10-4-3-5-11(16-10)14(20)21-2/h3-5,9H,6-8H2,1-2H3,(H,15,19). The first-order valence-electron chi connectivity index (χ1n) is 6.61. The SMILES string of the molecule is COC(=O)c1cccc(C(=O)NC2CCC(=O)N(C)C2)n1. The van der Waals surface area contributed by atoms with Crippen LogP contribution in [0.5, 0.6) is 0 Å². The van der Waals surface area contributed by atoms with E-state index in [1.54, 1.807) is 18.0 Å². The Kier molecular flexibility index (Phi) is 4.52. The summed E-state index contributed by atoms with van der Waals surface area (Å²) in [6, 6.07) is 4.48. The van der Waals surface area contributed by atoms with Gasteiger partial charge in [-0.1, -0.05) is 6.07 Å². The number of aromatic nitrogens is 1. The Bertz CT molecular complexity index is 573. The van der Waals surface area contributed by atoms with E-state index in [9.17, 15) is 14.4 Å². The van der Waals surface area contributed by atoms with E-state index in [0.29, 0.717) is 19.4 Å². The summed E-state index contributed by atoms with van der Waals surface area (Å²) in [4.78, 5) is 40.5. The maximum atomic E-state index is 12.1. The number of methoxy groups -OCH3 is 1. The van der Waals surface area contributed by atoms with Crippen LogP contribution >= 0.6 is 0 Å². The molecule has 1 unspecified atom stereocenters. The van der Waals surface area contributed by atoms with Crippen LogP contribution in [0.1, 0.15) is 33.8 Å². The zero-order chi connectivity index (χ0) is 15.4. The Hall–Kier alpha value is -2.44. The van der Waals surface area contributed by atoms with Crippen molar-refractivity contribution >= 4 is 17.8 Å². The summed E-state index contributed by atoms with van der Waals surface area (Å²) in [5, 5.41) is 2.82. The Morgan fingerprint density at radius 1 is 1.38 bits per heavy atom. The van der Waals surface area contributed by atoms with Gasteiger partial charge in [-0.3, -0.25) is 9.59 Å². The van der Waals surface area contributed by atoms with E-state index in [1.165, 1.54) is 19.2 Å². The zero-order valence-electron chi connectivity index (χ0n) is 12.0. The fourth-order valence-electron chi connectivity index (χ4n) is 2.17. The van der Waals surface area contributed by atoms with Crippen molar-refractivity contribution in [3.05, 3.63) is 29.6 Å². The molecule has 1 aromatic heterocycles. The fourth-order valence-corrected chi connectivity index (χ4v) is 2.17. The molecular weight excluding hydrogens is 274 g/mol. The Labute approximate surface area is 122 Å². The Balaban J connectivity index is 2.03. The van der Waals surface area contributed by atoms with Crippen LogP contribution in [0.2, 0.25) is 0 Å². The van der Waals surface area contributed by atoms with Crippen LogP contribution in [0.4, 0.5) is 0 Å². The average molecular weight is 291 g/mol. The second-order valence-corrected chi connectivity index (χ2v) is 4.88. The summed E-state index contributed by atoms with van der Waals surface area (Å²) in [6.07, 6.45) is 1.02. The van der Waals surface area contributed by atoms with E-state index < -0.39 is 5.97 Å². The average Bonchev–Trinajstić information content (AvgIpc) is 2.50. The van der Waals surface area contributed by atoms with Crippen LogP contribution in [0, 0.1) is 0 Å². The molecule has 2 rings (SSSR count). The van der Waals surface area contributed by atoms with Gasteiger partial charge in [-0.25, -0.2) is 9.78 Å². The third kappa shape index (κ3) is 3.56. The highest BCUT2D eigenvalue weighted by Gasteiger charge is 2.24. The molecule has 21 heavy (non-hydrogen) atoms. The summed E-state index contributed by atoms with van der Waals surface area (Å²) in [6.45, 7) is 0.473. The molecule has 0 saturated carbocycles. The number of carbonyl (C=O) groups is 3. The van der Waals surface area contributed by atoms with Crippen molar-refractivity contribution in [2.24, 2.45) is 0 Å². The van der Waals surface area contributed by atoms with Gasteiger partial charge in [0.25, 0.3) is 5.91 Å². The number of likely N-dealkylation sites (tertiary alicyclic amines) is 1. The highest BCUT2D eigenvalue weighted by Crippen LogP contribution is 2.10. The quantitative estimate of drug-likeness (QED) is 0.805. The van der Waals surface area contributed by atoms with Crippen molar-refractivity contribution in [2.75, 3.05) is 20.7 Å². The topological polar surface area (TPSA) is 88.6 Å². The van der Waals surface area contributed by atoms with E-state index in [0.717, 1.165) is 0 Å². The maximum absolute atomic E-state index is 12.1. The van der Waals surface area contributed by atoms with Gasteiger partial charge in [0.2, 0.25) is 5.91 Å². The first kappa shape index (κ1) is 15.0.